The van der Waals surface area contributed by atoms with Crippen LogP contribution in [0.3, 0.4) is 0 Å². The number of carbonyl (C=O) groups excluding carboxylic acids is 1. The molecule has 2 aliphatic rings. The largest absolute Gasteiger partial charge is 0.451 e. The number of carbonyl (C=O) groups is 1. The van der Waals surface area contributed by atoms with Gasteiger partial charge in [-0.3, -0.25) is 4.79 Å². The van der Waals surface area contributed by atoms with Crippen molar-refractivity contribution in [1.29, 1.82) is 0 Å². The fraction of sp³-hybridized carbons (Fsp3) is 0.353. The van der Waals surface area contributed by atoms with Gasteiger partial charge < -0.3 is 20.8 Å². The lowest BCUT2D eigenvalue weighted by Gasteiger charge is -2.20. The molecule has 114 valence electrons. The normalized spacial score (nSPS) is 26.3. The molecular weight excluding hydrogens is 278 g/mol. The molecule has 3 heterocycles. The van der Waals surface area contributed by atoms with E-state index in [0.29, 0.717) is 29.3 Å². The van der Waals surface area contributed by atoms with Gasteiger partial charge in [-0.15, -0.1) is 0 Å². The zero-order chi connectivity index (χ0) is 15.1. The van der Waals surface area contributed by atoms with Crippen molar-refractivity contribution in [2.45, 2.75) is 37.4 Å². The molecule has 4 N–H and O–H groups in total. The molecule has 4 rings (SSSR count). The second-order valence-electron chi connectivity index (χ2n) is 6.15. The first-order valence-electron chi connectivity index (χ1n) is 7.72. The number of amides is 1. The minimum atomic E-state index is -0.144. The summed E-state index contributed by atoms with van der Waals surface area (Å²) in [5.41, 5.74) is 7.33. The number of nitrogens with two attached hydrogens (primary N) is 1. The summed E-state index contributed by atoms with van der Waals surface area (Å²) in [7, 11) is 0. The van der Waals surface area contributed by atoms with Gasteiger partial charge in [-0.05, 0) is 43.5 Å². The lowest BCUT2D eigenvalue weighted by Crippen LogP contribution is -2.42. The van der Waals surface area contributed by atoms with Gasteiger partial charge >= 0.3 is 0 Å². The van der Waals surface area contributed by atoms with Crippen molar-refractivity contribution in [3.63, 3.8) is 0 Å². The van der Waals surface area contributed by atoms with Gasteiger partial charge in [0.1, 0.15) is 5.76 Å². The van der Waals surface area contributed by atoms with Crippen molar-refractivity contribution in [2.24, 2.45) is 0 Å². The minimum Gasteiger partial charge on any atom is -0.451 e. The highest BCUT2D eigenvalue weighted by Crippen LogP contribution is 2.29. The third-order valence-electron chi connectivity index (χ3n) is 4.62. The maximum atomic E-state index is 12.3. The van der Waals surface area contributed by atoms with E-state index < -0.39 is 0 Å². The van der Waals surface area contributed by atoms with Crippen molar-refractivity contribution in [1.82, 2.24) is 10.6 Å². The highest BCUT2D eigenvalue weighted by molar-refractivity contribution is 5.92. The number of benzene rings is 1. The van der Waals surface area contributed by atoms with E-state index >= 15 is 0 Å². The second-order valence-corrected chi connectivity index (χ2v) is 6.15. The predicted octanol–water partition coefficient (Wildman–Crippen LogP) is 2.15. The Balaban J connectivity index is 1.48. The van der Waals surface area contributed by atoms with Crippen LogP contribution in [-0.2, 0) is 0 Å². The highest BCUT2D eigenvalue weighted by atomic mass is 16.3. The minimum absolute atomic E-state index is 0.144. The van der Waals surface area contributed by atoms with Crippen LogP contribution in [0.4, 0.5) is 5.69 Å². The van der Waals surface area contributed by atoms with Crippen LogP contribution < -0.4 is 16.4 Å². The molecule has 0 saturated carbocycles. The van der Waals surface area contributed by atoms with Gasteiger partial charge in [0, 0.05) is 29.4 Å². The van der Waals surface area contributed by atoms with Crippen molar-refractivity contribution in [2.75, 3.05) is 5.73 Å². The Kier molecular flexibility index (Phi) is 3.15. The molecule has 2 saturated heterocycles. The van der Waals surface area contributed by atoms with E-state index in [1.54, 1.807) is 6.07 Å². The first-order valence-corrected chi connectivity index (χ1v) is 7.72. The van der Waals surface area contributed by atoms with Gasteiger partial charge in [0.25, 0.3) is 5.91 Å². The molecule has 5 nitrogen and oxygen atoms in total. The topological polar surface area (TPSA) is 80.3 Å². The molecule has 0 radical (unpaired) electrons. The van der Waals surface area contributed by atoms with Crippen LogP contribution in [0.5, 0.6) is 0 Å². The molecule has 2 aromatic rings. The fourth-order valence-electron chi connectivity index (χ4n) is 3.53. The molecule has 1 amide bonds. The number of anilines is 1. The number of nitrogens with one attached hydrogen (secondary N) is 2. The molecular formula is C17H19N3O2. The molecule has 2 fully saturated rings. The lowest BCUT2D eigenvalue weighted by atomic mass is 9.95. The van der Waals surface area contributed by atoms with E-state index in [4.69, 9.17) is 10.2 Å². The first kappa shape index (κ1) is 13.4. The van der Waals surface area contributed by atoms with E-state index in [1.807, 2.05) is 30.3 Å². The van der Waals surface area contributed by atoms with Gasteiger partial charge in [-0.25, -0.2) is 0 Å². The van der Waals surface area contributed by atoms with Crippen molar-refractivity contribution in [3.8, 4) is 11.3 Å². The Labute approximate surface area is 128 Å². The third kappa shape index (κ3) is 2.37. The van der Waals surface area contributed by atoms with Crippen LogP contribution in [0.15, 0.2) is 40.8 Å². The van der Waals surface area contributed by atoms with Crippen molar-refractivity contribution < 1.29 is 9.21 Å². The molecule has 2 bridgehead atoms. The van der Waals surface area contributed by atoms with E-state index in [1.165, 1.54) is 6.42 Å². The van der Waals surface area contributed by atoms with Crippen LogP contribution in [-0.4, -0.2) is 24.0 Å². The summed E-state index contributed by atoms with van der Waals surface area (Å²) in [5.74, 6) is 0.859. The summed E-state index contributed by atoms with van der Waals surface area (Å²) < 4.78 is 5.69. The van der Waals surface area contributed by atoms with Crippen LogP contribution in [0.25, 0.3) is 11.3 Å². The van der Waals surface area contributed by atoms with E-state index in [2.05, 4.69) is 10.6 Å². The molecule has 2 aliphatic heterocycles. The Hall–Kier alpha value is -2.27. The Bertz CT molecular complexity index is 709. The summed E-state index contributed by atoms with van der Waals surface area (Å²) >= 11 is 0. The zero-order valence-corrected chi connectivity index (χ0v) is 12.2. The maximum Gasteiger partial charge on any atom is 0.287 e. The van der Waals surface area contributed by atoms with Crippen LogP contribution in [0.2, 0.25) is 0 Å². The maximum absolute atomic E-state index is 12.3. The molecule has 5 heteroatoms. The third-order valence-corrected chi connectivity index (χ3v) is 4.62. The molecule has 1 aromatic carbocycles. The summed E-state index contributed by atoms with van der Waals surface area (Å²) in [5, 5.41) is 6.60. The molecule has 22 heavy (non-hydrogen) atoms. The predicted molar refractivity (Wildman–Crippen MR) is 84.4 cm³/mol. The van der Waals surface area contributed by atoms with Crippen LogP contribution in [0.1, 0.15) is 29.8 Å². The van der Waals surface area contributed by atoms with Crippen LogP contribution in [0, 0.1) is 0 Å². The number of furan rings is 1. The van der Waals surface area contributed by atoms with Gasteiger partial charge in [-0.2, -0.15) is 0 Å². The molecule has 0 spiro atoms. The van der Waals surface area contributed by atoms with Crippen LogP contribution >= 0.6 is 0 Å². The van der Waals surface area contributed by atoms with Crippen molar-refractivity contribution in [3.05, 3.63) is 42.2 Å². The summed E-state index contributed by atoms with van der Waals surface area (Å²) in [6, 6.07) is 12.2. The van der Waals surface area contributed by atoms with Gasteiger partial charge in [0.2, 0.25) is 0 Å². The lowest BCUT2D eigenvalue weighted by molar-refractivity contribution is 0.0903. The quantitative estimate of drug-likeness (QED) is 0.758. The second kappa shape index (κ2) is 5.18. The molecule has 1 aromatic heterocycles. The van der Waals surface area contributed by atoms with Gasteiger partial charge in [0.05, 0.1) is 0 Å². The first-order chi connectivity index (χ1) is 10.7. The SMILES string of the molecule is Nc1cccc(-c2ccc(C(=O)NC3CC4CCC3N4)o2)c1. The highest BCUT2D eigenvalue weighted by Gasteiger charge is 2.39. The molecule has 3 unspecified atom stereocenters. The number of hydrogen-bond acceptors (Lipinski definition) is 4. The Morgan fingerprint density at radius 1 is 1.27 bits per heavy atom. The average molecular weight is 297 g/mol. The fourth-order valence-corrected chi connectivity index (χ4v) is 3.53. The molecule has 3 atom stereocenters. The number of nitrogen functional groups attached to an aromatic ring is 1. The van der Waals surface area contributed by atoms with Crippen molar-refractivity contribution >= 4 is 11.6 Å². The summed E-state index contributed by atoms with van der Waals surface area (Å²) in [4.78, 5) is 12.3. The van der Waals surface area contributed by atoms with E-state index in [0.717, 1.165) is 18.4 Å². The summed E-state index contributed by atoms with van der Waals surface area (Å²) in [6.45, 7) is 0. The van der Waals surface area contributed by atoms with Gasteiger partial charge in [-0.1, -0.05) is 12.1 Å². The number of hydrogen-bond donors (Lipinski definition) is 3. The number of rotatable bonds is 3. The Morgan fingerprint density at radius 3 is 2.91 bits per heavy atom. The standard InChI is InChI=1S/C17H19N3O2/c18-11-3-1-2-10(8-11)15-6-7-16(22-15)17(21)20-14-9-12-4-5-13(14)19-12/h1-3,6-8,12-14,19H,4-5,9,18H2,(H,20,21). The summed E-state index contributed by atoms with van der Waals surface area (Å²) in [6.07, 6.45) is 3.37. The zero-order valence-electron chi connectivity index (χ0n) is 12.2. The molecule has 0 aliphatic carbocycles. The smallest absolute Gasteiger partial charge is 0.287 e. The average Bonchev–Trinajstić information content (AvgIpc) is 3.23. The Morgan fingerprint density at radius 2 is 2.18 bits per heavy atom. The number of fused-ring (bicyclic) bond motifs is 2. The van der Waals surface area contributed by atoms with Gasteiger partial charge in [0.15, 0.2) is 5.76 Å². The monoisotopic (exact) mass is 297 g/mol. The van der Waals surface area contributed by atoms with E-state index in [-0.39, 0.29) is 11.9 Å². The van der Waals surface area contributed by atoms with E-state index in [9.17, 15) is 4.79 Å².